The summed E-state index contributed by atoms with van der Waals surface area (Å²) in [5, 5.41) is 0. The number of nitrogens with zero attached hydrogens (tertiary/aromatic N) is 2. The summed E-state index contributed by atoms with van der Waals surface area (Å²) in [4.78, 5) is 4.21. The van der Waals surface area contributed by atoms with E-state index < -0.39 is 0 Å². The highest BCUT2D eigenvalue weighted by Gasteiger charge is 2.11. The number of rotatable bonds is 1. The third-order valence-electron chi connectivity index (χ3n) is 2.30. The number of halogens is 1. The first-order valence-corrected chi connectivity index (χ1v) is 5.80. The molecule has 0 amide bonds. The van der Waals surface area contributed by atoms with Crippen LogP contribution in [-0.2, 0) is 0 Å². The van der Waals surface area contributed by atoms with Gasteiger partial charge in [-0.1, -0.05) is 17.7 Å². The Morgan fingerprint density at radius 1 is 1.13 bits per heavy atom. The normalized spacial score (nSPS) is 10.7. The van der Waals surface area contributed by atoms with Crippen LogP contribution >= 0.6 is 23.1 Å². The van der Waals surface area contributed by atoms with E-state index in [1.54, 1.807) is 0 Å². The zero-order valence-electron chi connectivity index (χ0n) is 8.84. The third-order valence-corrected chi connectivity index (χ3v) is 3.10. The van der Waals surface area contributed by atoms with Crippen LogP contribution in [0.25, 0.3) is 11.4 Å². The van der Waals surface area contributed by atoms with Crippen LogP contribution in [0.3, 0.4) is 0 Å². The largest absolute Gasteiger partial charge is 0.203 e. The van der Waals surface area contributed by atoms with Crippen molar-refractivity contribution in [2.75, 3.05) is 0 Å². The second-order valence-corrected chi connectivity index (χ2v) is 4.98. The SMILES string of the molecule is Cc1cc(C)c(-c2nsc(Cl)n2)c(C)c1. The maximum Gasteiger partial charge on any atom is 0.203 e. The van der Waals surface area contributed by atoms with Crippen molar-refractivity contribution in [3.8, 4) is 11.4 Å². The molecule has 2 nitrogen and oxygen atoms in total. The van der Waals surface area contributed by atoms with E-state index >= 15 is 0 Å². The maximum atomic E-state index is 5.79. The molecule has 78 valence electrons. The highest BCUT2D eigenvalue weighted by Crippen LogP contribution is 2.28. The van der Waals surface area contributed by atoms with Gasteiger partial charge in [-0.25, -0.2) is 4.98 Å². The Bertz CT molecular complexity index is 482. The first-order valence-electron chi connectivity index (χ1n) is 4.65. The highest BCUT2D eigenvalue weighted by molar-refractivity contribution is 7.10. The lowest BCUT2D eigenvalue weighted by atomic mass is 9.99. The Balaban J connectivity index is 2.62. The Morgan fingerprint density at radius 3 is 2.20 bits per heavy atom. The van der Waals surface area contributed by atoms with Crippen LogP contribution in [0.5, 0.6) is 0 Å². The van der Waals surface area contributed by atoms with E-state index in [1.807, 2.05) is 0 Å². The molecule has 0 spiro atoms. The van der Waals surface area contributed by atoms with Gasteiger partial charge in [0.1, 0.15) is 0 Å². The fraction of sp³-hybridized carbons (Fsp3) is 0.273. The van der Waals surface area contributed by atoms with E-state index in [2.05, 4.69) is 42.3 Å². The molecule has 15 heavy (non-hydrogen) atoms. The monoisotopic (exact) mass is 238 g/mol. The molecule has 0 saturated carbocycles. The van der Waals surface area contributed by atoms with E-state index in [0.717, 1.165) is 11.4 Å². The Hall–Kier alpha value is -0.930. The Labute approximate surface area is 98.1 Å². The van der Waals surface area contributed by atoms with Crippen molar-refractivity contribution in [1.29, 1.82) is 0 Å². The van der Waals surface area contributed by atoms with Gasteiger partial charge in [0.05, 0.1) is 0 Å². The van der Waals surface area contributed by atoms with Crippen LogP contribution in [0.1, 0.15) is 16.7 Å². The van der Waals surface area contributed by atoms with Crippen molar-refractivity contribution in [3.05, 3.63) is 33.3 Å². The van der Waals surface area contributed by atoms with Gasteiger partial charge in [0, 0.05) is 5.56 Å². The molecule has 0 unspecified atom stereocenters. The summed E-state index contributed by atoms with van der Waals surface area (Å²) in [6.45, 7) is 6.24. The molecule has 4 heteroatoms. The molecule has 1 heterocycles. The average molecular weight is 239 g/mol. The summed E-state index contributed by atoms with van der Waals surface area (Å²) in [5.74, 6) is 0.736. The van der Waals surface area contributed by atoms with Crippen molar-refractivity contribution in [2.24, 2.45) is 0 Å². The van der Waals surface area contributed by atoms with Crippen LogP contribution in [0.2, 0.25) is 4.47 Å². The average Bonchev–Trinajstić information content (AvgIpc) is 2.49. The zero-order chi connectivity index (χ0) is 11.0. The first-order chi connectivity index (χ1) is 7.08. The van der Waals surface area contributed by atoms with Crippen LogP contribution in [0.4, 0.5) is 0 Å². The summed E-state index contributed by atoms with van der Waals surface area (Å²) in [6.07, 6.45) is 0. The van der Waals surface area contributed by atoms with E-state index in [1.165, 1.54) is 28.2 Å². The van der Waals surface area contributed by atoms with E-state index in [-0.39, 0.29) is 0 Å². The third kappa shape index (κ3) is 2.03. The van der Waals surface area contributed by atoms with Crippen molar-refractivity contribution in [2.45, 2.75) is 20.8 Å². The topological polar surface area (TPSA) is 25.8 Å². The molecule has 0 fully saturated rings. The van der Waals surface area contributed by atoms with Gasteiger partial charge in [-0.3, -0.25) is 0 Å². The lowest BCUT2D eigenvalue weighted by Crippen LogP contribution is -1.91. The zero-order valence-corrected chi connectivity index (χ0v) is 10.4. The smallest absolute Gasteiger partial charge is 0.203 e. The van der Waals surface area contributed by atoms with Gasteiger partial charge in [0.15, 0.2) is 5.82 Å². The first kappa shape index (κ1) is 10.6. The number of hydrogen-bond donors (Lipinski definition) is 0. The quantitative estimate of drug-likeness (QED) is 0.756. The van der Waals surface area contributed by atoms with Crippen molar-refractivity contribution in [1.82, 2.24) is 9.36 Å². The summed E-state index contributed by atoms with van der Waals surface area (Å²) < 4.78 is 4.73. The van der Waals surface area contributed by atoms with Crippen LogP contribution < -0.4 is 0 Å². The van der Waals surface area contributed by atoms with Gasteiger partial charge < -0.3 is 0 Å². The molecule has 0 atom stereocenters. The molecule has 0 aliphatic carbocycles. The van der Waals surface area contributed by atoms with Crippen molar-refractivity contribution < 1.29 is 0 Å². The summed E-state index contributed by atoms with van der Waals surface area (Å²) in [6, 6.07) is 4.27. The molecule has 0 radical (unpaired) electrons. The van der Waals surface area contributed by atoms with Crippen molar-refractivity contribution in [3.63, 3.8) is 0 Å². The number of aromatic nitrogens is 2. The second-order valence-electron chi connectivity index (χ2n) is 3.64. The Kier molecular flexibility index (Phi) is 2.76. The maximum absolute atomic E-state index is 5.79. The van der Waals surface area contributed by atoms with Crippen LogP contribution in [0, 0.1) is 20.8 Å². The molecule has 2 rings (SSSR count). The lowest BCUT2D eigenvalue weighted by Gasteiger charge is -2.07. The molecule has 0 aliphatic rings. The van der Waals surface area contributed by atoms with E-state index in [9.17, 15) is 0 Å². The fourth-order valence-corrected chi connectivity index (χ4v) is 2.44. The van der Waals surface area contributed by atoms with Gasteiger partial charge in [-0.15, -0.1) is 0 Å². The summed E-state index contributed by atoms with van der Waals surface area (Å²) in [5.41, 5.74) is 4.75. The molecule has 1 aromatic carbocycles. The minimum atomic E-state index is 0.490. The lowest BCUT2D eigenvalue weighted by molar-refractivity contribution is 1.25. The predicted octanol–water partition coefficient (Wildman–Crippen LogP) is 3.78. The summed E-state index contributed by atoms with van der Waals surface area (Å²) >= 11 is 7.02. The minimum absolute atomic E-state index is 0.490. The van der Waals surface area contributed by atoms with Gasteiger partial charge >= 0.3 is 0 Å². The second kappa shape index (κ2) is 3.91. The van der Waals surface area contributed by atoms with Crippen molar-refractivity contribution >= 4 is 23.1 Å². The molecule has 0 aliphatic heterocycles. The molecule has 0 saturated heterocycles. The minimum Gasteiger partial charge on any atom is -0.203 e. The van der Waals surface area contributed by atoms with Gasteiger partial charge in [-0.05, 0) is 55.0 Å². The Morgan fingerprint density at radius 2 is 1.73 bits per heavy atom. The molecular weight excluding hydrogens is 228 g/mol. The number of benzene rings is 1. The van der Waals surface area contributed by atoms with Crippen LogP contribution in [-0.4, -0.2) is 9.36 Å². The van der Waals surface area contributed by atoms with Gasteiger partial charge in [0.2, 0.25) is 4.47 Å². The highest BCUT2D eigenvalue weighted by atomic mass is 35.5. The molecule has 2 aromatic rings. The van der Waals surface area contributed by atoms with Crippen LogP contribution in [0.15, 0.2) is 12.1 Å². The predicted molar refractivity (Wildman–Crippen MR) is 64.6 cm³/mol. The van der Waals surface area contributed by atoms with E-state index in [4.69, 9.17) is 11.6 Å². The molecule has 0 N–H and O–H groups in total. The van der Waals surface area contributed by atoms with Gasteiger partial charge in [0.25, 0.3) is 0 Å². The fourth-order valence-electron chi connectivity index (χ4n) is 1.84. The molecule has 0 bridgehead atoms. The molecule has 1 aromatic heterocycles. The summed E-state index contributed by atoms with van der Waals surface area (Å²) in [7, 11) is 0. The standard InChI is InChI=1S/C11H11ClN2S/c1-6-4-7(2)9(8(3)5-6)10-13-11(12)15-14-10/h4-5H,1-3H3. The number of aryl methyl sites for hydroxylation is 3. The van der Waals surface area contributed by atoms with Gasteiger partial charge in [-0.2, -0.15) is 4.37 Å². The number of hydrogen-bond acceptors (Lipinski definition) is 3. The molecular formula is C11H11ClN2S. The van der Waals surface area contributed by atoms with E-state index in [0.29, 0.717) is 4.47 Å².